The number of aliphatic imine (C=N–C) groups is 1. The van der Waals surface area contributed by atoms with Gasteiger partial charge in [-0.2, -0.15) is 0 Å². The van der Waals surface area contributed by atoms with Gasteiger partial charge in [0.1, 0.15) is 0 Å². The van der Waals surface area contributed by atoms with Crippen molar-refractivity contribution < 1.29 is 0 Å². The number of halogens is 1. The van der Waals surface area contributed by atoms with E-state index in [1.807, 2.05) is 6.07 Å². The molecule has 3 nitrogen and oxygen atoms in total. The summed E-state index contributed by atoms with van der Waals surface area (Å²) < 4.78 is 0. The SMILES string of the molecule is Clc1ccc2c(c1)C(CC1CC1)=NC1(CCNCC1)CN2. The van der Waals surface area contributed by atoms with Crippen LogP contribution < -0.4 is 10.6 Å². The number of piperidine rings is 1. The number of anilines is 1. The molecule has 112 valence electrons. The standard InChI is InChI=1S/C17H22ClN3/c18-13-3-4-15-14(10-13)16(9-12-1-2-12)21-17(11-20-15)5-7-19-8-6-17/h3-4,10,12,19-20H,1-2,5-9,11H2. The number of nitrogens with zero attached hydrogens (tertiary/aromatic N) is 1. The second kappa shape index (κ2) is 5.29. The number of hydrogen-bond donors (Lipinski definition) is 2. The Hall–Kier alpha value is -1.06. The van der Waals surface area contributed by atoms with Crippen molar-refractivity contribution in [2.45, 2.75) is 37.6 Å². The Morgan fingerprint density at radius 2 is 2.05 bits per heavy atom. The van der Waals surface area contributed by atoms with Gasteiger partial charge >= 0.3 is 0 Å². The first-order valence-electron chi connectivity index (χ1n) is 8.07. The Bertz CT molecular complexity index is 571. The fourth-order valence-corrected chi connectivity index (χ4v) is 3.66. The normalized spacial score (nSPS) is 24.0. The molecule has 1 aliphatic carbocycles. The van der Waals surface area contributed by atoms with E-state index in [1.54, 1.807) is 0 Å². The molecule has 2 aliphatic heterocycles. The lowest BCUT2D eigenvalue weighted by atomic mass is 9.88. The highest BCUT2D eigenvalue weighted by Gasteiger charge is 2.35. The summed E-state index contributed by atoms with van der Waals surface area (Å²) in [6.07, 6.45) is 6.07. The van der Waals surface area contributed by atoms with E-state index in [-0.39, 0.29) is 5.54 Å². The molecule has 3 aliphatic rings. The van der Waals surface area contributed by atoms with Crippen LogP contribution in [0.4, 0.5) is 5.69 Å². The Morgan fingerprint density at radius 1 is 1.24 bits per heavy atom. The van der Waals surface area contributed by atoms with E-state index >= 15 is 0 Å². The summed E-state index contributed by atoms with van der Waals surface area (Å²) in [5.74, 6) is 0.840. The number of fused-ring (bicyclic) bond motifs is 1. The van der Waals surface area contributed by atoms with Crippen LogP contribution in [0.15, 0.2) is 23.2 Å². The third kappa shape index (κ3) is 2.82. The van der Waals surface area contributed by atoms with E-state index in [0.717, 1.165) is 49.8 Å². The van der Waals surface area contributed by atoms with Gasteiger partial charge in [-0.25, -0.2) is 0 Å². The maximum atomic E-state index is 6.23. The van der Waals surface area contributed by atoms with Crippen molar-refractivity contribution in [3.05, 3.63) is 28.8 Å². The van der Waals surface area contributed by atoms with E-state index in [9.17, 15) is 0 Å². The maximum absolute atomic E-state index is 6.23. The number of nitrogens with one attached hydrogen (secondary N) is 2. The van der Waals surface area contributed by atoms with E-state index in [0.29, 0.717) is 0 Å². The monoisotopic (exact) mass is 303 g/mol. The molecule has 1 saturated carbocycles. The third-order valence-electron chi connectivity index (χ3n) is 4.99. The molecular formula is C17H22ClN3. The van der Waals surface area contributed by atoms with Crippen LogP contribution in [0.2, 0.25) is 5.02 Å². The van der Waals surface area contributed by atoms with Crippen LogP contribution in [0.5, 0.6) is 0 Å². The molecule has 1 aromatic rings. The molecule has 21 heavy (non-hydrogen) atoms. The Kier molecular flexibility index (Phi) is 3.43. The summed E-state index contributed by atoms with van der Waals surface area (Å²) in [4.78, 5) is 5.28. The summed E-state index contributed by atoms with van der Waals surface area (Å²) in [6, 6.07) is 6.17. The van der Waals surface area contributed by atoms with Gasteiger partial charge in [-0.3, -0.25) is 4.99 Å². The molecule has 2 heterocycles. The molecule has 2 fully saturated rings. The molecular weight excluding hydrogens is 282 g/mol. The van der Waals surface area contributed by atoms with Gasteiger partial charge in [0.05, 0.1) is 5.54 Å². The summed E-state index contributed by atoms with van der Waals surface area (Å²) >= 11 is 6.23. The lowest BCUT2D eigenvalue weighted by Crippen LogP contribution is -2.45. The van der Waals surface area contributed by atoms with Gasteiger partial charge in [-0.1, -0.05) is 11.6 Å². The fourth-order valence-electron chi connectivity index (χ4n) is 3.49. The molecule has 4 rings (SSSR count). The fraction of sp³-hybridized carbons (Fsp3) is 0.588. The molecule has 1 saturated heterocycles. The summed E-state index contributed by atoms with van der Waals surface area (Å²) in [5.41, 5.74) is 3.78. The zero-order valence-corrected chi connectivity index (χ0v) is 13.0. The number of hydrogen-bond acceptors (Lipinski definition) is 3. The Labute approximate surface area is 131 Å². The predicted molar refractivity (Wildman–Crippen MR) is 88.7 cm³/mol. The van der Waals surface area contributed by atoms with Gasteiger partial charge in [-0.15, -0.1) is 0 Å². The minimum atomic E-state index is 0.0704. The van der Waals surface area contributed by atoms with E-state index in [1.165, 1.54) is 29.8 Å². The van der Waals surface area contributed by atoms with Crippen molar-refractivity contribution in [3.63, 3.8) is 0 Å². The highest BCUT2D eigenvalue weighted by Crippen LogP contribution is 2.38. The van der Waals surface area contributed by atoms with Crippen molar-refractivity contribution >= 4 is 23.0 Å². The molecule has 0 bridgehead atoms. The van der Waals surface area contributed by atoms with Crippen LogP contribution in [0.25, 0.3) is 0 Å². The van der Waals surface area contributed by atoms with Crippen LogP contribution in [0, 0.1) is 5.92 Å². The lowest BCUT2D eigenvalue weighted by Gasteiger charge is -2.34. The minimum Gasteiger partial charge on any atom is -0.382 e. The quantitative estimate of drug-likeness (QED) is 0.877. The highest BCUT2D eigenvalue weighted by atomic mass is 35.5. The molecule has 2 N–H and O–H groups in total. The first kappa shape index (κ1) is 13.6. The first-order valence-corrected chi connectivity index (χ1v) is 8.45. The van der Waals surface area contributed by atoms with Crippen LogP contribution in [-0.2, 0) is 0 Å². The van der Waals surface area contributed by atoms with Crippen molar-refractivity contribution in [3.8, 4) is 0 Å². The molecule has 0 amide bonds. The molecule has 4 heteroatoms. The van der Waals surface area contributed by atoms with Crippen molar-refractivity contribution in [1.29, 1.82) is 0 Å². The van der Waals surface area contributed by atoms with Crippen molar-refractivity contribution in [2.75, 3.05) is 25.0 Å². The second-order valence-corrected chi connectivity index (χ2v) is 7.16. The van der Waals surface area contributed by atoms with Gasteiger partial charge in [0.25, 0.3) is 0 Å². The predicted octanol–water partition coefficient (Wildman–Crippen LogP) is 3.48. The smallest absolute Gasteiger partial charge is 0.0807 e. The van der Waals surface area contributed by atoms with Crippen molar-refractivity contribution in [2.24, 2.45) is 10.9 Å². The first-order chi connectivity index (χ1) is 10.2. The molecule has 0 unspecified atom stereocenters. The Balaban J connectivity index is 1.75. The lowest BCUT2D eigenvalue weighted by molar-refractivity contribution is 0.329. The van der Waals surface area contributed by atoms with Crippen LogP contribution in [0.3, 0.4) is 0 Å². The van der Waals surface area contributed by atoms with E-state index in [4.69, 9.17) is 16.6 Å². The molecule has 1 aromatic carbocycles. The van der Waals surface area contributed by atoms with Crippen LogP contribution in [-0.4, -0.2) is 30.9 Å². The average Bonchev–Trinajstić information content (AvgIpc) is 3.31. The van der Waals surface area contributed by atoms with Gasteiger partial charge in [0.15, 0.2) is 0 Å². The topological polar surface area (TPSA) is 36.4 Å². The number of benzene rings is 1. The minimum absolute atomic E-state index is 0.0704. The highest BCUT2D eigenvalue weighted by molar-refractivity contribution is 6.31. The van der Waals surface area contributed by atoms with Gasteiger partial charge in [-0.05, 0) is 69.3 Å². The molecule has 1 spiro atoms. The third-order valence-corrected chi connectivity index (χ3v) is 5.22. The second-order valence-electron chi connectivity index (χ2n) is 6.72. The van der Waals surface area contributed by atoms with Gasteiger partial charge < -0.3 is 10.6 Å². The van der Waals surface area contributed by atoms with Gasteiger partial charge in [0.2, 0.25) is 0 Å². The van der Waals surface area contributed by atoms with E-state index in [2.05, 4.69) is 22.8 Å². The zero-order chi connectivity index (χ0) is 14.3. The number of rotatable bonds is 2. The Morgan fingerprint density at radius 3 is 2.81 bits per heavy atom. The molecule has 0 radical (unpaired) electrons. The van der Waals surface area contributed by atoms with Gasteiger partial charge in [0, 0.05) is 28.5 Å². The summed E-state index contributed by atoms with van der Waals surface area (Å²) in [6.45, 7) is 3.08. The van der Waals surface area contributed by atoms with Crippen LogP contribution in [0.1, 0.15) is 37.7 Å². The molecule has 0 atom stereocenters. The summed E-state index contributed by atoms with van der Waals surface area (Å²) in [5, 5.41) is 7.90. The molecule has 0 aromatic heterocycles. The summed E-state index contributed by atoms with van der Waals surface area (Å²) in [7, 11) is 0. The van der Waals surface area contributed by atoms with Crippen LogP contribution >= 0.6 is 11.6 Å². The zero-order valence-electron chi connectivity index (χ0n) is 12.3. The van der Waals surface area contributed by atoms with E-state index < -0.39 is 0 Å². The largest absolute Gasteiger partial charge is 0.382 e. The van der Waals surface area contributed by atoms with Crippen molar-refractivity contribution in [1.82, 2.24) is 5.32 Å². The average molecular weight is 304 g/mol. The maximum Gasteiger partial charge on any atom is 0.0807 e.